The van der Waals surface area contributed by atoms with Crippen molar-refractivity contribution in [1.29, 1.82) is 0 Å². The second kappa shape index (κ2) is 5.61. The number of carbonyl (C=O) groups excluding carboxylic acids is 1. The molecule has 1 amide bonds. The van der Waals surface area contributed by atoms with E-state index in [-0.39, 0.29) is 25.0 Å². The molecule has 4 N–H and O–H groups in total. The number of carbonyl (C=O) groups is 1. The molecule has 0 aliphatic carbocycles. The molecule has 0 saturated carbocycles. The lowest BCUT2D eigenvalue weighted by molar-refractivity contribution is -0.128. The van der Waals surface area contributed by atoms with Gasteiger partial charge in [-0.15, -0.1) is 0 Å². The summed E-state index contributed by atoms with van der Waals surface area (Å²) in [4.78, 5) is 12.0. The summed E-state index contributed by atoms with van der Waals surface area (Å²) in [5, 5.41) is 24.4. The van der Waals surface area contributed by atoms with Crippen LogP contribution in [0.25, 0.3) is 0 Å². The van der Waals surface area contributed by atoms with E-state index in [1.54, 1.807) is 0 Å². The highest BCUT2D eigenvalue weighted by atomic mass is 16.3. The molecule has 5 nitrogen and oxygen atoms in total. The molecule has 0 unspecified atom stereocenters. The lowest BCUT2D eigenvalue weighted by Gasteiger charge is -2.31. The SMILES string of the molecule is CCC(CO)(CO)NC(=O)[C@@H]1CNC[C@H]1C. The molecule has 16 heavy (non-hydrogen) atoms. The Hall–Kier alpha value is -0.650. The van der Waals surface area contributed by atoms with E-state index in [0.717, 1.165) is 6.54 Å². The molecule has 94 valence electrons. The van der Waals surface area contributed by atoms with Gasteiger partial charge in [0.05, 0.1) is 24.7 Å². The summed E-state index contributed by atoms with van der Waals surface area (Å²) in [6.07, 6.45) is 0.514. The van der Waals surface area contributed by atoms with Gasteiger partial charge < -0.3 is 20.8 Å². The maximum Gasteiger partial charge on any atom is 0.225 e. The third-order valence-electron chi connectivity index (χ3n) is 3.52. The minimum atomic E-state index is -0.876. The van der Waals surface area contributed by atoms with E-state index in [1.165, 1.54) is 0 Å². The first-order chi connectivity index (χ1) is 7.58. The number of hydrogen-bond donors (Lipinski definition) is 4. The lowest BCUT2D eigenvalue weighted by Crippen LogP contribution is -2.56. The first-order valence-corrected chi connectivity index (χ1v) is 5.83. The molecule has 0 aromatic rings. The summed E-state index contributed by atoms with van der Waals surface area (Å²) < 4.78 is 0. The van der Waals surface area contributed by atoms with Crippen LogP contribution in [0.1, 0.15) is 20.3 Å². The Bertz CT molecular complexity index is 233. The van der Waals surface area contributed by atoms with E-state index in [2.05, 4.69) is 10.6 Å². The van der Waals surface area contributed by atoms with Crippen molar-refractivity contribution >= 4 is 5.91 Å². The minimum Gasteiger partial charge on any atom is -0.394 e. The highest BCUT2D eigenvalue weighted by Crippen LogP contribution is 2.18. The Labute approximate surface area is 96.2 Å². The van der Waals surface area contributed by atoms with Crippen molar-refractivity contribution in [3.63, 3.8) is 0 Å². The molecule has 1 aliphatic rings. The Balaban J connectivity index is 2.61. The highest BCUT2D eigenvalue weighted by molar-refractivity contribution is 5.80. The Morgan fingerprint density at radius 1 is 1.44 bits per heavy atom. The molecule has 5 heteroatoms. The predicted octanol–water partition coefficient (Wildman–Crippen LogP) is -0.908. The van der Waals surface area contributed by atoms with Crippen molar-refractivity contribution in [2.24, 2.45) is 11.8 Å². The number of aliphatic hydroxyl groups is 2. The van der Waals surface area contributed by atoms with E-state index in [0.29, 0.717) is 18.9 Å². The van der Waals surface area contributed by atoms with Crippen LogP contribution >= 0.6 is 0 Å². The van der Waals surface area contributed by atoms with Crippen LogP contribution in [0.5, 0.6) is 0 Å². The molecule has 0 aromatic carbocycles. The zero-order valence-corrected chi connectivity index (χ0v) is 9.99. The second-order valence-corrected chi connectivity index (χ2v) is 4.68. The van der Waals surface area contributed by atoms with E-state index in [4.69, 9.17) is 0 Å². The number of hydrogen-bond acceptors (Lipinski definition) is 4. The van der Waals surface area contributed by atoms with Crippen molar-refractivity contribution in [1.82, 2.24) is 10.6 Å². The Morgan fingerprint density at radius 3 is 2.44 bits per heavy atom. The standard InChI is InChI=1S/C11H22N2O3/c1-3-11(6-14,7-15)13-10(16)9-5-12-4-8(9)2/h8-9,12,14-15H,3-7H2,1-2H3,(H,13,16)/t8-,9-/m1/s1. The summed E-state index contributed by atoms with van der Waals surface area (Å²) in [6, 6.07) is 0. The molecule has 1 fully saturated rings. The Morgan fingerprint density at radius 2 is 2.06 bits per heavy atom. The minimum absolute atomic E-state index is 0.0657. The zero-order valence-electron chi connectivity index (χ0n) is 9.99. The number of aliphatic hydroxyl groups excluding tert-OH is 2. The fourth-order valence-electron chi connectivity index (χ4n) is 1.96. The van der Waals surface area contributed by atoms with Crippen LogP contribution in [0.15, 0.2) is 0 Å². The maximum atomic E-state index is 12.0. The first kappa shape index (κ1) is 13.4. The fourth-order valence-corrected chi connectivity index (χ4v) is 1.96. The molecule has 2 atom stereocenters. The number of amides is 1. The van der Waals surface area contributed by atoms with Gasteiger partial charge in [0.2, 0.25) is 5.91 Å². The van der Waals surface area contributed by atoms with Crippen LogP contribution in [-0.2, 0) is 4.79 Å². The first-order valence-electron chi connectivity index (χ1n) is 5.83. The van der Waals surface area contributed by atoms with Crippen LogP contribution in [0.2, 0.25) is 0 Å². The van der Waals surface area contributed by atoms with E-state index in [9.17, 15) is 15.0 Å². The third-order valence-corrected chi connectivity index (χ3v) is 3.52. The van der Waals surface area contributed by atoms with Gasteiger partial charge in [0.25, 0.3) is 0 Å². The third kappa shape index (κ3) is 2.72. The van der Waals surface area contributed by atoms with E-state index >= 15 is 0 Å². The van der Waals surface area contributed by atoms with Gasteiger partial charge in [-0.05, 0) is 18.9 Å². The van der Waals surface area contributed by atoms with Gasteiger partial charge in [0.15, 0.2) is 0 Å². The van der Waals surface area contributed by atoms with E-state index < -0.39 is 5.54 Å². The predicted molar refractivity (Wildman–Crippen MR) is 60.9 cm³/mol. The molecule has 1 aliphatic heterocycles. The smallest absolute Gasteiger partial charge is 0.225 e. The van der Waals surface area contributed by atoms with Crippen molar-refractivity contribution in [2.75, 3.05) is 26.3 Å². The van der Waals surface area contributed by atoms with Crippen molar-refractivity contribution in [2.45, 2.75) is 25.8 Å². The molecular weight excluding hydrogens is 208 g/mol. The van der Waals surface area contributed by atoms with Crippen LogP contribution in [0.4, 0.5) is 0 Å². The molecule has 1 saturated heterocycles. The van der Waals surface area contributed by atoms with Gasteiger partial charge in [-0.25, -0.2) is 0 Å². The summed E-state index contributed by atoms with van der Waals surface area (Å²) >= 11 is 0. The largest absolute Gasteiger partial charge is 0.394 e. The summed E-state index contributed by atoms with van der Waals surface area (Å²) in [7, 11) is 0. The number of nitrogens with one attached hydrogen (secondary N) is 2. The average molecular weight is 230 g/mol. The zero-order chi connectivity index (χ0) is 12.2. The number of rotatable bonds is 5. The van der Waals surface area contributed by atoms with Gasteiger partial charge in [0, 0.05) is 6.54 Å². The van der Waals surface area contributed by atoms with Crippen molar-refractivity contribution < 1.29 is 15.0 Å². The van der Waals surface area contributed by atoms with Crippen LogP contribution in [0, 0.1) is 11.8 Å². The Kier molecular flexibility index (Phi) is 4.70. The summed E-state index contributed by atoms with van der Waals surface area (Å²) in [6.45, 7) is 4.90. The van der Waals surface area contributed by atoms with Crippen LogP contribution in [-0.4, -0.2) is 48.0 Å². The molecule has 0 aromatic heterocycles. The molecule has 0 bridgehead atoms. The van der Waals surface area contributed by atoms with Gasteiger partial charge in [-0.2, -0.15) is 0 Å². The van der Waals surface area contributed by atoms with Crippen LogP contribution in [0.3, 0.4) is 0 Å². The van der Waals surface area contributed by atoms with Gasteiger partial charge in [-0.1, -0.05) is 13.8 Å². The second-order valence-electron chi connectivity index (χ2n) is 4.68. The quantitative estimate of drug-likeness (QED) is 0.493. The van der Waals surface area contributed by atoms with Crippen LogP contribution < -0.4 is 10.6 Å². The van der Waals surface area contributed by atoms with Crippen molar-refractivity contribution in [3.05, 3.63) is 0 Å². The topological polar surface area (TPSA) is 81.6 Å². The fraction of sp³-hybridized carbons (Fsp3) is 0.909. The molecule has 1 rings (SSSR count). The normalized spacial score (nSPS) is 25.8. The van der Waals surface area contributed by atoms with Gasteiger partial charge in [-0.3, -0.25) is 4.79 Å². The van der Waals surface area contributed by atoms with Gasteiger partial charge in [0.1, 0.15) is 0 Å². The molecule has 0 radical (unpaired) electrons. The average Bonchev–Trinajstić information content (AvgIpc) is 2.72. The molecular formula is C11H22N2O3. The lowest BCUT2D eigenvalue weighted by atomic mass is 9.93. The summed E-state index contributed by atoms with van der Waals surface area (Å²) in [5.41, 5.74) is -0.876. The van der Waals surface area contributed by atoms with Gasteiger partial charge >= 0.3 is 0 Å². The molecule has 1 heterocycles. The maximum absolute atomic E-state index is 12.0. The highest BCUT2D eigenvalue weighted by Gasteiger charge is 2.35. The van der Waals surface area contributed by atoms with E-state index in [1.807, 2.05) is 13.8 Å². The summed E-state index contributed by atoms with van der Waals surface area (Å²) in [5.74, 6) is 0.151. The van der Waals surface area contributed by atoms with Crippen molar-refractivity contribution in [3.8, 4) is 0 Å². The molecule has 0 spiro atoms. The monoisotopic (exact) mass is 230 g/mol.